The van der Waals surface area contributed by atoms with Crippen LogP contribution < -0.4 is 9.46 Å². The summed E-state index contributed by atoms with van der Waals surface area (Å²) in [6.45, 7) is 5.35. The van der Waals surface area contributed by atoms with Gasteiger partial charge in [-0.3, -0.25) is 0 Å². The smallest absolute Gasteiger partial charge is 0.410 e. The van der Waals surface area contributed by atoms with E-state index < -0.39 is 22.2 Å². The summed E-state index contributed by atoms with van der Waals surface area (Å²) in [5, 5.41) is 0. The fourth-order valence-electron chi connectivity index (χ4n) is 4.71. The third kappa shape index (κ3) is 7.19. The number of nitrogens with zero attached hydrogens (tertiary/aromatic N) is 1. The van der Waals surface area contributed by atoms with Crippen LogP contribution in [0, 0.1) is 11.8 Å². The predicted molar refractivity (Wildman–Crippen MR) is 120 cm³/mol. The van der Waals surface area contributed by atoms with Gasteiger partial charge in [0.05, 0.1) is 25.0 Å². The molecule has 0 bridgehead atoms. The largest absolute Gasteiger partial charge is 0.415 e. The highest BCUT2D eigenvalue weighted by atomic mass is 32.2. The fraction of sp³-hybridized carbons (Fsp3) is 0.696. The molecule has 7 nitrogen and oxygen atoms in total. The summed E-state index contributed by atoms with van der Waals surface area (Å²) in [5.74, 6) is 1.90. The van der Waals surface area contributed by atoms with E-state index in [2.05, 4.69) is 18.6 Å². The minimum atomic E-state index is -3.41. The molecule has 8 heteroatoms. The number of para-hydroxylation sites is 1. The molecule has 1 aliphatic heterocycles. The van der Waals surface area contributed by atoms with Crippen LogP contribution in [-0.2, 0) is 14.8 Å². The zero-order valence-corrected chi connectivity index (χ0v) is 19.6. The second-order valence-electron chi connectivity index (χ2n) is 9.19. The summed E-state index contributed by atoms with van der Waals surface area (Å²) in [7, 11) is -3.41. The van der Waals surface area contributed by atoms with Crippen molar-refractivity contribution in [2.75, 3.05) is 19.4 Å². The van der Waals surface area contributed by atoms with Gasteiger partial charge in [0.1, 0.15) is 5.75 Å². The minimum absolute atomic E-state index is 0.155. The Bertz CT molecular complexity index is 807. The van der Waals surface area contributed by atoms with Crippen molar-refractivity contribution in [3.63, 3.8) is 0 Å². The molecular weight excluding hydrogens is 416 g/mol. The van der Waals surface area contributed by atoms with E-state index in [1.54, 1.807) is 29.2 Å². The number of hydrogen-bond donors (Lipinski definition) is 1. The number of benzene rings is 1. The van der Waals surface area contributed by atoms with Crippen molar-refractivity contribution in [1.82, 2.24) is 9.62 Å². The van der Waals surface area contributed by atoms with Gasteiger partial charge in [-0.1, -0.05) is 32.0 Å². The molecule has 3 rings (SSSR count). The van der Waals surface area contributed by atoms with E-state index in [9.17, 15) is 13.2 Å². The lowest BCUT2D eigenvalue weighted by molar-refractivity contribution is -0.0278. The Morgan fingerprint density at radius 1 is 1.13 bits per heavy atom. The number of rotatable bonds is 7. The molecule has 0 aromatic heterocycles. The van der Waals surface area contributed by atoms with Gasteiger partial charge >= 0.3 is 6.09 Å². The molecule has 1 saturated heterocycles. The van der Waals surface area contributed by atoms with Crippen LogP contribution in [0.25, 0.3) is 0 Å². The number of amides is 1. The van der Waals surface area contributed by atoms with Gasteiger partial charge in [0, 0.05) is 12.6 Å². The molecule has 0 unspecified atom stereocenters. The molecule has 1 saturated carbocycles. The molecule has 174 valence electrons. The summed E-state index contributed by atoms with van der Waals surface area (Å²) >= 11 is 0. The molecule has 2 aliphatic rings. The second-order valence-corrected chi connectivity index (χ2v) is 11.0. The lowest BCUT2D eigenvalue weighted by Crippen LogP contribution is -2.59. The Morgan fingerprint density at radius 3 is 2.42 bits per heavy atom. The van der Waals surface area contributed by atoms with Crippen LogP contribution in [0.1, 0.15) is 52.4 Å². The Hall–Kier alpha value is -1.64. The molecule has 1 aromatic carbocycles. The number of nitrogens with one attached hydrogen (secondary N) is 1. The van der Waals surface area contributed by atoms with Gasteiger partial charge in [-0.05, 0) is 62.5 Å². The highest BCUT2D eigenvalue weighted by Crippen LogP contribution is 2.32. The average Bonchev–Trinajstić information content (AvgIpc) is 2.72. The zero-order chi connectivity index (χ0) is 22.4. The first-order valence-corrected chi connectivity index (χ1v) is 13.2. The van der Waals surface area contributed by atoms with Crippen molar-refractivity contribution in [2.24, 2.45) is 11.8 Å². The third-order valence-corrected chi connectivity index (χ3v) is 7.22. The van der Waals surface area contributed by atoms with Crippen LogP contribution in [0.5, 0.6) is 5.75 Å². The van der Waals surface area contributed by atoms with Gasteiger partial charge in [-0.2, -0.15) is 0 Å². The van der Waals surface area contributed by atoms with Crippen LogP contribution in [0.15, 0.2) is 30.3 Å². The van der Waals surface area contributed by atoms with Crippen LogP contribution in [-0.4, -0.2) is 57.0 Å². The van der Waals surface area contributed by atoms with Crippen LogP contribution >= 0.6 is 0 Å². The summed E-state index contributed by atoms with van der Waals surface area (Å²) < 4.78 is 38.4. The van der Waals surface area contributed by atoms with Crippen molar-refractivity contribution in [1.29, 1.82) is 0 Å². The van der Waals surface area contributed by atoms with E-state index in [0.29, 0.717) is 37.7 Å². The molecule has 1 N–H and O–H groups in total. The Balaban J connectivity index is 1.67. The zero-order valence-electron chi connectivity index (χ0n) is 18.8. The molecule has 1 heterocycles. The Labute approximate surface area is 186 Å². The normalized spacial score (nSPS) is 27.3. The van der Waals surface area contributed by atoms with Crippen LogP contribution in [0.3, 0.4) is 0 Å². The van der Waals surface area contributed by atoms with E-state index in [-0.39, 0.29) is 12.1 Å². The Kier molecular flexibility index (Phi) is 8.36. The molecule has 1 aromatic rings. The van der Waals surface area contributed by atoms with Crippen molar-refractivity contribution in [3.8, 4) is 5.75 Å². The lowest BCUT2D eigenvalue weighted by atomic mass is 9.80. The van der Waals surface area contributed by atoms with E-state index in [1.165, 1.54) is 0 Å². The number of ether oxygens (including phenoxy) is 2. The highest BCUT2D eigenvalue weighted by Gasteiger charge is 2.38. The van der Waals surface area contributed by atoms with Gasteiger partial charge in [-0.15, -0.1) is 0 Å². The van der Waals surface area contributed by atoms with Crippen molar-refractivity contribution >= 4 is 16.1 Å². The molecule has 2 fully saturated rings. The first kappa shape index (κ1) is 24.0. The first-order valence-electron chi connectivity index (χ1n) is 11.4. The minimum Gasteiger partial charge on any atom is -0.410 e. The topological polar surface area (TPSA) is 84.9 Å². The van der Waals surface area contributed by atoms with Gasteiger partial charge in [0.15, 0.2) is 0 Å². The van der Waals surface area contributed by atoms with Crippen molar-refractivity contribution < 1.29 is 22.7 Å². The number of carbonyl (C=O) groups is 1. The molecule has 0 radical (unpaired) electrons. The van der Waals surface area contributed by atoms with Crippen LogP contribution in [0.4, 0.5) is 4.79 Å². The van der Waals surface area contributed by atoms with Crippen molar-refractivity contribution in [2.45, 2.75) is 70.6 Å². The monoisotopic (exact) mass is 452 g/mol. The summed E-state index contributed by atoms with van der Waals surface area (Å²) in [4.78, 5) is 14.6. The lowest BCUT2D eigenvalue weighted by Gasteiger charge is -2.41. The molecule has 2 atom stereocenters. The first-order chi connectivity index (χ1) is 14.7. The fourth-order valence-corrected chi connectivity index (χ4v) is 5.53. The maximum atomic E-state index is 12.9. The van der Waals surface area contributed by atoms with Crippen LogP contribution in [0.2, 0.25) is 0 Å². The van der Waals surface area contributed by atoms with Crippen molar-refractivity contribution in [3.05, 3.63) is 30.3 Å². The summed E-state index contributed by atoms with van der Waals surface area (Å²) in [6.07, 6.45) is 6.52. The SMILES string of the molecule is CC(C)[C@H]1CC[C@@H](OC[C@H]2[C@@H](NS(C)(=O)=O)CCCN2C(=O)Oc2ccccc2)CC1. The van der Waals surface area contributed by atoms with Gasteiger partial charge < -0.3 is 14.4 Å². The number of hydrogen-bond acceptors (Lipinski definition) is 5. The van der Waals surface area contributed by atoms with Gasteiger partial charge in [0.2, 0.25) is 10.0 Å². The quantitative estimate of drug-likeness (QED) is 0.680. The molecule has 31 heavy (non-hydrogen) atoms. The molecule has 1 aliphatic carbocycles. The highest BCUT2D eigenvalue weighted by molar-refractivity contribution is 7.88. The second kappa shape index (κ2) is 10.8. The maximum absolute atomic E-state index is 12.9. The predicted octanol–water partition coefficient (Wildman–Crippen LogP) is 3.80. The molecule has 0 spiro atoms. The number of carbonyl (C=O) groups excluding carboxylic acids is 1. The van der Waals surface area contributed by atoms with E-state index in [1.807, 2.05) is 6.07 Å². The van der Waals surface area contributed by atoms with Gasteiger partial charge in [0.25, 0.3) is 0 Å². The number of likely N-dealkylation sites (tertiary alicyclic amines) is 1. The standard InChI is InChI=1S/C23H36N2O5S/c1-17(2)18-11-13-19(14-12-18)29-16-22-21(24-31(3,27)28)10-7-15-25(22)23(26)30-20-8-5-4-6-9-20/h4-6,8-9,17-19,21-22,24H,7,10-16H2,1-3H3/t18-,19+,21-,22-/m0/s1. The molecule has 1 amide bonds. The van der Waals surface area contributed by atoms with E-state index in [0.717, 1.165) is 37.9 Å². The number of sulfonamides is 1. The third-order valence-electron chi connectivity index (χ3n) is 6.49. The van der Waals surface area contributed by atoms with E-state index in [4.69, 9.17) is 9.47 Å². The molecular formula is C23H36N2O5S. The number of piperidine rings is 1. The maximum Gasteiger partial charge on any atom is 0.415 e. The van der Waals surface area contributed by atoms with Gasteiger partial charge in [-0.25, -0.2) is 17.9 Å². The summed E-state index contributed by atoms with van der Waals surface area (Å²) in [6, 6.07) is 8.14. The average molecular weight is 453 g/mol. The Morgan fingerprint density at radius 2 is 1.81 bits per heavy atom. The summed E-state index contributed by atoms with van der Waals surface area (Å²) in [5.41, 5.74) is 0. The van der Waals surface area contributed by atoms with E-state index >= 15 is 0 Å².